The standard InChI is InChI=1S/C18H26O2.H3N/c1-5-14(6-2)16(19)18(7-3,8-4)17(20)15-12-10-9-11-13-15;/h9-14H,5-8H2,1-4H3;1H3. The maximum atomic E-state index is 12.9. The van der Waals surface area contributed by atoms with E-state index in [1.165, 1.54) is 0 Å². The maximum absolute atomic E-state index is 12.9. The fraction of sp³-hybridized carbons (Fsp3) is 0.556. The second-order valence-corrected chi connectivity index (χ2v) is 5.36. The molecule has 0 bridgehead atoms. The number of hydrogen-bond donors (Lipinski definition) is 1. The SMILES string of the molecule is CCC(CC)C(=O)C(CC)(CC)C(=O)c1ccccc1.N. The van der Waals surface area contributed by atoms with Gasteiger partial charge in [0.25, 0.3) is 0 Å². The molecule has 1 aromatic carbocycles. The van der Waals surface area contributed by atoms with Crippen molar-refractivity contribution in [3.05, 3.63) is 35.9 Å². The first kappa shape index (κ1) is 19.5. The van der Waals surface area contributed by atoms with Crippen LogP contribution in [-0.2, 0) is 4.79 Å². The van der Waals surface area contributed by atoms with E-state index in [9.17, 15) is 9.59 Å². The molecule has 0 aromatic heterocycles. The minimum atomic E-state index is -0.849. The van der Waals surface area contributed by atoms with Crippen LogP contribution in [0.5, 0.6) is 0 Å². The number of benzene rings is 1. The predicted molar refractivity (Wildman–Crippen MR) is 87.9 cm³/mol. The lowest BCUT2D eigenvalue weighted by atomic mass is 9.68. The van der Waals surface area contributed by atoms with Crippen LogP contribution in [-0.4, -0.2) is 11.6 Å². The molecule has 1 aromatic rings. The largest absolute Gasteiger partial charge is 0.344 e. The van der Waals surface area contributed by atoms with Gasteiger partial charge in [0.2, 0.25) is 0 Å². The highest BCUT2D eigenvalue weighted by Crippen LogP contribution is 2.36. The monoisotopic (exact) mass is 291 g/mol. The van der Waals surface area contributed by atoms with Gasteiger partial charge in [-0.05, 0) is 25.7 Å². The quantitative estimate of drug-likeness (QED) is 0.550. The Morgan fingerprint density at radius 2 is 1.43 bits per heavy atom. The number of rotatable bonds is 8. The van der Waals surface area contributed by atoms with E-state index in [4.69, 9.17) is 0 Å². The van der Waals surface area contributed by atoms with Gasteiger partial charge >= 0.3 is 0 Å². The summed E-state index contributed by atoms with van der Waals surface area (Å²) in [6.45, 7) is 7.94. The van der Waals surface area contributed by atoms with Crippen molar-refractivity contribution in [1.82, 2.24) is 6.15 Å². The van der Waals surface area contributed by atoms with E-state index >= 15 is 0 Å². The van der Waals surface area contributed by atoms with Crippen molar-refractivity contribution in [2.45, 2.75) is 53.4 Å². The Labute approximate surface area is 128 Å². The zero-order chi connectivity index (χ0) is 15.2. The first-order valence-corrected chi connectivity index (χ1v) is 7.71. The lowest BCUT2D eigenvalue weighted by Gasteiger charge is -2.32. The van der Waals surface area contributed by atoms with Crippen molar-refractivity contribution < 1.29 is 9.59 Å². The van der Waals surface area contributed by atoms with Gasteiger partial charge in [0.05, 0.1) is 5.41 Å². The molecule has 3 nitrogen and oxygen atoms in total. The molecule has 0 saturated heterocycles. The molecule has 118 valence electrons. The van der Waals surface area contributed by atoms with Gasteiger partial charge in [-0.25, -0.2) is 0 Å². The predicted octanol–water partition coefficient (Wildman–Crippen LogP) is 4.84. The Morgan fingerprint density at radius 3 is 1.81 bits per heavy atom. The zero-order valence-electron chi connectivity index (χ0n) is 13.8. The van der Waals surface area contributed by atoms with E-state index in [-0.39, 0.29) is 23.6 Å². The molecule has 0 heterocycles. The Hall–Kier alpha value is -1.48. The molecule has 0 fully saturated rings. The van der Waals surface area contributed by atoms with Crippen LogP contribution in [0.3, 0.4) is 0 Å². The maximum Gasteiger partial charge on any atom is 0.176 e. The molecule has 0 atom stereocenters. The van der Waals surface area contributed by atoms with Gasteiger partial charge in [0.1, 0.15) is 5.78 Å². The Balaban J connectivity index is 0.00000400. The van der Waals surface area contributed by atoms with Crippen molar-refractivity contribution in [1.29, 1.82) is 0 Å². The molecular formula is C18H29NO2. The molecular weight excluding hydrogens is 262 g/mol. The second-order valence-electron chi connectivity index (χ2n) is 5.36. The molecule has 0 spiro atoms. The normalized spacial score (nSPS) is 11.1. The highest BCUT2D eigenvalue weighted by molar-refractivity contribution is 6.15. The van der Waals surface area contributed by atoms with Gasteiger partial charge in [-0.3, -0.25) is 9.59 Å². The van der Waals surface area contributed by atoms with E-state index < -0.39 is 5.41 Å². The van der Waals surface area contributed by atoms with Crippen LogP contribution < -0.4 is 6.15 Å². The van der Waals surface area contributed by atoms with E-state index in [1.54, 1.807) is 0 Å². The van der Waals surface area contributed by atoms with E-state index in [0.29, 0.717) is 18.4 Å². The fourth-order valence-electron chi connectivity index (χ4n) is 2.95. The topological polar surface area (TPSA) is 69.1 Å². The average molecular weight is 291 g/mol. The van der Waals surface area contributed by atoms with Crippen LogP contribution in [0, 0.1) is 11.3 Å². The number of carbonyl (C=O) groups excluding carboxylic acids is 2. The summed E-state index contributed by atoms with van der Waals surface area (Å²) in [5, 5.41) is 0. The number of carbonyl (C=O) groups is 2. The molecule has 0 aliphatic heterocycles. The lowest BCUT2D eigenvalue weighted by molar-refractivity contribution is -0.131. The van der Waals surface area contributed by atoms with Crippen LogP contribution in [0.2, 0.25) is 0 Å². The molecule has 0 amide bonds. The minimum absolute atomic E-state index is 0. The van der Waals surface area contributed by atoms with E-state index in [2.05, 4.69) is 0 Å². The first-order valence-electron chi connectivity index (χ1n) is 7.71. The van der Waals surface area contributed by atoms with Crippen LogP contribution in [0.15, 0.2) is 30.3 Å². The third kappa shape index (κ3) is 3.79. The van der Waals surface area contributed by atoms with Gasteiger partial charge < -0.3 is 6.15 Å². The van der Waals surface area contributed by atoms with Crippen LogP contribution >= 0.6 is 0 Å². The van der Waals surface area contributed by atoms with E-state index in [1.807, 2.05) is 58.0 Å². The highest BCUT2D eigenvalue weighted by atomic mass is 16.2. The van der Waals surface area contributed by atoms with Gasteiger partial charge in [0, 0.05) is 11.5 Å². The summed E-state index contributed by atoms with van der Waals surface area (Å²) in [5.41, 5.74) is -0.201. The summed E-state index contributed by atoms with van der Waals surface area (Å²) in [7, 11) is 0. The Morgan fingerprint density at radius 1 is 0.952 bits per heavy atom. The van der Waals surface area contributed by atoms with Crippen molar-refractivity contribution in [3.63, 3.8) is 0 Å². The second kappa shape index (κ2) is 8.73. The minimum Gasteiger partial charge on any atom is -0.344 e. The fourth-order valence-corrected chi connectivity index (χ4v) is 2.95. The molecule has 0 aliphatic rings. The molecule has 3 heteroatoms. The third-order valence-corrected chi connectivity index (χ3v) is 4.51. The average Bonchev–Trinajstić information content (AvgIpc) is 2.51. The third-order valence-electron chi connectivity index (χ3n) is 4.51. The van der Waals surface area contributed by atoms with Gasteiger partial charge in [-0.15, -0.1) is 0 Å². The lowest BCUT2D eigenvalue weighted by Crippen LogP contribution is -2.42. The number of Topliss-reactive ketones (excluding diaryl/α,β-unsaturated/α-hetero) is 2. The summed E-state index contributed by atoms with van der Waals surface area (Å²) in [5.74, 6) is 0.101. The van der Waals surface area contributed by atoms with Crippen molar-refractivity contribution in [3.8, 4) is 0 Å². The first-order chi connectivity index (χ1) is 9.57. The van der Waals surface area contributed by atoms with Crippen molar-refractivity contribution in [2.24, 2.45) is 11.3 Å². The summed E-state index contributed by atoms with van der Waals surface area (Å²) in [4.78, 5) is 25.8. The molecule has 3 N–H and O–H groups in total. The molecule has 0 radical (unpaired) electrons. The van der Waals surface area contributed by atoms with Crippen LogP contribution in [0.25, 0.3) is 0 Å². The summed E-state index contributed by atoms with van der Waals surface area (Å²) in [6, 6.07) is 9.21. The van der Waals surface area contributed by atoms with Gasteiger partial charge in [0.15, 0.2) is 5.78 Å². The van der Waals surface area contributed by atoms with E-state index in [0.717, 1.165) is 12.8 Å². The van der Waals surface area contributed by atoms with Gasteiger partial charge in [-0.1, -0.05) is 58.0 Å². The van der Waals surface area contributed by atoms with Crippen LogP contribution in [0.4, 0.5) is 0 Å². The van der Waals surface area contributed by atoms with Crippen molar-refractivity contribution in [2.75, 3.05) is 0 Å². The van der Waals surface area contributed by atoms with Crippen LogP contribution in [0.1, 0.15) is 63.7 Å². The molecule has 0 saturated carbocycles. The summed E-state index contributed by atoms with van der Waals surface area (Å²) >= 11 is 0. The molecule has 1 rings (SSSR count). The molecule has 21 heavy (non-hydrogen) atoms. The smallest absolute Gasteiger partial charge is 0.176 e. The Kier molecular flexibility index (Phi) is 8.11. The molecule has 0 unspecified atom stereocenters. The van der Waals surface area contributed by atoms with Crippen molar-refractivity contribution >= 4 is 11.6 Å². The van der Waals surface area contributed by atoms with Gasteiger partial charge in [-0.2, -0.15) is 0 Å². The number of hydrogen-bond acceptors (Lipinski definition) is 3. The zero-order valence-corrected chi connectivity index (χ0v) is 13.8. The number of ketones is 2. The summed E-state index contributed by atoms with van der Waals surface area (Å²) in [6.07, 6.45) is 2.76. The molecule has 0 aliphatic carbocycles. The highest BCUT2D eigenvalue weighted by Gasteiger charge is 2.44. The Bertz CT molecular complexity index is 446. The summed E-state index contributed by atoms with van der Waals surface area (Å²) < 4.78 is 0.